The zero-order valence-corrected chi connectivity index (χ0v) is 12.8. The van der Waals surface area contributed by atoms with Crippen LogP contribution in [0.1, 0.15) is 34.5 Å². The lowest BCUT2D eigenvalue weighted by Crippen LogP contribution is -2.17. The maximum absolute atomic E-state index is 13.5. The second-order valence-electron chi connectivity index (χ2n) is 4.79. The molecule has 19 heavy (non-hydrogen) atoms. The average molecular weight is 298 g/mol. The minimum atomic E-state index is -0.109. The van der Waals surface area contributed by atoms with Gasteiger partial charge in [-0.05, 0) is 49.6 Å². The summed E-state index contributed by atoms with van der Waals surface area (Å²) in [7, 11) is 0. The summed E-state index contributed by atoms with van der Waals surface area (Å²) in [4.78, 5) is 1.21. The number of halogens is 2. The van der Waals surface area contributed by atoms with E-state index in [9.17, 15) is 4.39 Å². The topological polar surface area (TPSA) is 12.0 Å². The van der Waals surface area contributed by atoms with Crippen molar-refractivity contribution in [2.75, 3.05) is 0 Å². The fraction of sp³-hybridized carbons (Fsp3) is 0.333. The number of hydrogen-bond donors (Lipinski definition) is 1. The molecular weight excluding hydrogens is 281 g/mol. The Labute approximate surface area is 122 Å². The van der Waals surface area contributed by atoms with Crippen LogP contribution in [0.4, 0.5) is 4.39 Å². The van der Waals surface area contributed by atoms with Crippen molar-refractivity contribution < 1.29 is 4.39 Å². The number of aryl methyl sites for hydroxylation is 2. The van der Waals surface area contributed by atoms with Gasteiger partial charge in [-0.3, -0.25) is 0 Å². The summed E-state index contributed by atoms with van der Waals surface area (Å²) in [5.74, 6) is -0.109. The summed E-state index contributed by atoms with van der Waals surface area (Å²) < 4.78 is 14.3. The number of rotatable bonds is 4. The molecule has 2 rings (SSSR count). The highest BCUT2D eigenvalue weighted by atomic mass is 35.5. The Morgan fingerprint density at radius 2 is 1.89 bits per heavy atom. The van der Waals surface area contributed by atoms with E-state index in [-0.39, 0.29) is 11.9 Å². The highest BCUT2D eigenvalue weighted by Gasteiger charge is 2.09. The van der Waals surface area contributed by atoms with Crippen LogP contribution in [0.5, 0.6) is 0 Å². The Bertz CT molecular complexity index is 556. The van der Waals surface area contributed by atoms with E-state index in [0.717, 1.165) is 16.4 Å². The number of hydrogen-bond acceptors (Lipinski definition) is 2. The predicted molar refractivity (Wildman–Crippen MR) is 80.5 cm³/mol. The first-order valence-electron chi connectivity index (χ1n) is 6.21. The molecule has 2 aromatic rings. The first-order valence-corrected chi connectivity index (χ1v) is 7.41. The van der Waals surface area contributed by atoms with Crippen molar-refractivity contribution >= 4 is 22.9 Å². The molecule has 102 valence electrons. The molecule has 1 aromatic carbocycles. The van der Waals surface area contributed by atoms with Crippen LogP contribution >= 0.6 is 22.9 Å². The van der Waals surface area contributed by atoms with E-state index >= 15 is 0 Å². The minimum Gasteiger partial charge on any atom is -0.305 e. The van der Waals surface area contributed by atoms with Gasteiger partial charge < -0.3 is 5.32 Å². The van der Waals surface area contributed by atoms with Crippen LogP contribution < -0.4 is 5.32 Å². The molecule has 0 amide bonds. The van der Waals surface area contributed by atoms with Gasteiger partial charge in [0.2, 0.25) is 0 Å². The van der Waals surface area contributed by atoms with Gasteiger partial charge in [0.25, 0.3) is 0 Å². The highest BCUT2D eigenvalue weighted by molar-refractivity contribution is 7.16. The van der Waals surface area contributed by atoms with Crippen LogP contribution in [0.2, 0.25) is 4.34 Å². The molecule has 4 heteroatoms. The van der Waals surface area contributed by atoms with Gasteiger partial charge in [-0.15, -0.1) is 11.3 Å². The van der Waals surface area contributed by atoms with Crippen molar-refractivity contribution in [2.45, 2.75) is 33.4 Å². The summed E-state index contributed by atoms with van der Waals surface area (Å²) in [6.45, 7) is 6.42. The van der Waals surface area contributed by atoms with Crippen LogP contribution in [-0.4, -0.2) is 0 Å². The third kappa shape index (κ3) is 3.56. The third-order valence-electron chi connectivity index (χ3n) is 3.13. The second kappa shape index (κ2) is 6.04. The quantitative estimate of drug-likeness (QED) is 0.836. The summed E-state index contributed by atoms with van der Waals surface area (Å²) in [5.41, 5.74) is 2.50. The van der Waals surface area contributed by atoms with Crippen molar-refractivity contribution in [1.29, 1.82) is 0 Å². The third-order valence-corrected chi connectivity index (χ3v) is 4.54. The van der Waals surface area contributed by atoms with Gasteiger partial charge in [0, 0.05) is 17.5 Å². The summed E-state index contributed by atoms with van der Waals surface area (Å²) in [5, 5.41) is 3.43. The second-order valence-corrected chi connectivity index (χ2v) is 6.53. The molecule has 0 fully saturated rings. The fourth-order valence-corrected chi connectivity index (χ4v) is 3.16. The molecule has 1 heterocycles. The van der Waals surface area contributed by atoms with Gasteiger partial charge in [0.1, 0.15) is 5.82 Å². The summed E-state index contributed by atoms with van der Waals surface area (Å²) in [6, 6.07) is 7.97. The van der Waals surface area contributed by atoms with E-state index in [1.54, 1.807) is 25.2 Å². The van der Waals surface area contributed by atoms with Crippen molar-refractivity contribution in [1.82, 2.24) is 5.32 Å². The Morgan fingerprint density at radius 1 is 1.26 bits per heavy atom. The minimum absolute atomic E-state index is 0.109. The Hall–Kier alpha value is -0.900. The first-order chi connectivity index (χ1) is 8.97. The predicted octanol–water partition coefficient (Wildman–Crippen LogP) is 5.01. The molecule has 0 aliphatic heterocycles. The molecule has 0 aliphatic rings. The normalized spacial score (nSPS) is 12.7. The standard InChI is InChI=1S/C15H17ClFNS/c1-9-6-12(7-10(2)15(9)17)8-18-11(3)13-4-5-14(16)19-13/h4-7,11,18H,8H2,1-3H3. The van der Waals surface area contributed by atoms with E-state index in [0.29, 0.717) is 11.1 Å². The fourth-order valence-electron chi connectivity index (χ4n) is 2.07. The molecule has 1 N–H and O–H groups in total. The zero-order chi connectivity index (χ0) is 14.0. The largest absolute Gasteiger partial charge is 0.305 e. The van der Waals surface area contributed by atoms with E-state index < -0.39 is 0 Å². The molecule has 0 radical (unpaired) electrons. The van der Waals surface area contributed by atoms with Crippen molar-refractivity contribution in [3.05, 3.63) is 56.0 Å². The Kier molecular flexibility index (Phi) is 4.61. The SMILES string of the molecule is Cc1cc(CNC(C)c2ccc(Cl)s2)cc(C)c1F. The van der Waals surface area contributed by atoms with Gasteiger partial charge in [0.05, 0.1) is 4.34 Å². The van der Waals surface area contributed by atoms with Crippen molar-refractivity contribution in [3.8, 4) is 0 Å². The van der Waals surface area contributed by atoms with E-state index in [1.165, 1.54) is 4.88 Å². The Morgan fingerprint density at radius 3 is 2.42 bits per heavy atom. The van der Waals surface area contributed by atoms with Gasteiger partial charge >= 0.3 is 0 Å². The van der Waals surface area contributed by atoms with Gasteiger partial charge in [-0.1, -0.05) is 23.7 Å². The molecule has 0 saturated heterocycles. The van der Waals surface area contributed by atoms with Crippen molar-refractivity contribution in [3.63, 3.8) is 0 Å². The van der Waals surface area contributed by atoms with E-state index in [2.05, 4.69) is 12.2 Å². The number of benzene rings is 1. The smallest absolute Gasteiger partial charge is 0.129 e. The van der Waals surface area contributed by atoms with Gasteiger partial charge in [0.15, 0.2) is 0 Å². The van der Waals surface area contributed by atoms with Crippen LogP contribution in [0.3, 0.4) is 0 Å². The molecule has 0 saturated carbocycles. The molecular formula is C15H17ClFNS. The zero-order valence-electron chi connectivity index (χ0n) is 11.3. The van der Waals surface area contributed by atoms with E-state index in [4.69, 9.17) is 11.6 Å². The molecule has 0 bridgehead atoms. The summed E-state index contributed by atoms with van der Waals surface area (Å²) >= 11 is 7.51. The number of thiophene rings is 1. The van der Waals surface area contributed by atoms with E-state index in [1.807, 2.05) is 24.3 Å². The highest BCUT2D eigenvalue weighted by Crippen LogP contribution is 2.27. The first kappa shape index (κ1) is 14.5. The van der Waals surface area contributed by atoms with Crippen LogP contribution in [-0.2, 0) is 6.54 Å². The van der Waals surface area contributed by atoms with Crippen molar-refractivity contribution in [2.24, 2.45) is 0 Å². The van der Waals surface area contributed by atoms with Gasteiger partial charge in [-0.2, -0.15) is 0 Å². The van der Waals surface area contributed by atoms with Gasteiger partial charge in [-0.25, -0.2) is 4.39 Å². The molecule has 0 spiro atoms. The van der Waals surface area contributed by atoms with Crippen LogP contribution in [0.25, 0.3) is 0 Å². The molecule has 1 nitrogen and oxygen atoms in total. The maximum Gasteiger partial charge on any atom is 0.129 e. The monoisotopic (exact) mass is 297 g/mol. The lowest BCUT2D eigenvalue weighted by atomic mass is 10.1. The maximum atomic E-state index is 13.5. The molecule has 1 aromatic heterocycles. The van der Waals surface area contributed by atoms with Crippen LogP contribution in [0.15, 0.2) is 24.3 Å². The average Bonchev–Trinajstić information content (AvgIpc) is 2.79. The molecule has 0 aliphatic carbocycles. The molecule has 1 atom stereocenters. The number of nitrogens with one attached hydrogen (secondary N) is 1. The lowest BCUT2D eigenvalue weighted by Gasteiger charge is -2.13. The summed E-state index contributed by atoms with van der Waals surface area (Å²) in [6.07, 6.45) is 0. The van der Waals surface area contributed by atoms with Crippen LogP contribution in [0, 0.1) is 19.7 Å². The lowest BCUT2D eigenvalue weighted by molar-refractivity contribution is 0.577. The Balaban J connectivity index is 2.03. The molecule has 1 unspecified atom stereocenters.